The summed E-state index contributed by atoms with van der Waals surface area (Å²) < 4.78 is 11.6. The number of carbonyl (C=O) groups excluding carboxylic acids is 2. The van der Waals surface area contributed by atoms with Crippen LogP contribution in [-0.4, -0.2) is 35.9 Å². The van der Waals surface area contributed by atoms with Gasteiger partial charge in [-0.05, 0) is 56.3 Å². The highest BCUT2D eigenvalue weighted by atomic mass is 16.5. The number of ether oxygens (including phenoxy) is 2. The molecule has 0 radical (unpaired) electrons. The van der Waals surface area contributed by atoms with E-state index in [0.717, 1.165) is 17.1 Å². The van der Waals surface area contributed by atoms with Crippen molar-refractivity contribution in [2.45, 2.75) is 13.8 Å². The maximum absolute atomic E-state index is 12.5. The van der Waals surface area contributed by atoms with E-state index < -0.39 is 11.9 Å². The van der Waals surface area contributed by atoms with Gasteiger partial charge in [0.1, 0.15) is 5.70 Å². The number of hydrogen-bond acceptors (Lipinski definition) is 6. The van der Waals surface area contributed by atoms with Gasteiger partial charge < -0.3 is 14.4 Å². The molecule has 1 aromatic heterocycles. The molecule has 1 aromatic carbocycles. The molecule has 2 heterocycles. The maximum atomic E-state index is 12.5. The van der Waals surface area contributed by atoms with Crippen LogP contribution in [0.2, 0.25) is 0 Å². The number of esters is 2. The number of benzene rings is 1. The predicted molar refractivity (Wildman–Crippen MR) is 105 cm³/mol. The van der Waals surface area contributed by atoms with Crippen LogP contribution in [0.15, 0.2) is 66.0 Å². The molecule has 7 heteroatoms. The van der Waals surface area contributed by atoms with Crippen molar-refractivity contribution in [2.24, 2.45) is 0 Å². The van der Waals surface area contributed by atoms with E-state index in [9.17, 15) is 9.59 Å². The average Bonchev–Trinajstić information content (AvgIpc) is 2.91. The molecule has 0 unspecified atom stereocenters. The minimum atomic E-state index is -0.640. The molecule has 0 bridgehead atoms. The zero-order valence-corrected chi connectivity index (χ0v) is 16.2. The molecule has 0 saturated heterocycles. The van der Waals surface area contributed by atoms with Gasteiger partial charge >= 0.3 is 11.9 Å². The average molecular weight is 379 g/mol. The standard InChI is InChI=1S/C21H21N3O4/c1-14-13-15(2)24(22-14)17-10-8-16(9-11-17)23-12-6-5-7-18(20(25)27-3)19(23)21(26)28-4/h5-13H,1-4H3. The summed E-state index contributed by atoms with van der Waals surface area (Å²) in [4.78, 5) is 26.3. The first-order valence-corrected chi connectivity index (χ1v) is 8.65. The van der Waals surface area contributed by atoms with Crippen LogP contribution in [0.5, 0.6) is 0 Å². The maximum Gasteiger partial charge on any atom is 0.355 e. The van der Waals surface area contributed by atoms with Crippen LogP contribution >= 0.6 is 0 Å². The number of rotatable bonds is 4. The van der Waals surface area contributed by atoms with Gasteiger partial charge in [-0.1, -0.05) is 6.08 Å². The van der Waals surface area contributed by atoms with E-state index in [4.69, 9.17) is 9.47 Å². The number of allylic oxidation sites excluding steroid dienone is 2. The Labute approximate surface area is 163 Å². The van der Waals surface area contributed by atoms with Crippen LogP contribution in [-0.2, 0) is 19.1 Å². The van der Waals surface area contributed by atoms with Crippen LogP contribution in [0.4, 0.5) is 5.69 Å². The van der Waals surface area contributed by atoms with Gasteiger partial charge in [0.25, 0.3) is 0 Å². The number of hydrogen-bond donors (Lipinski definition) is 0. The van der Waals surface area contributed by atoms with Gasteiger partial charge in [-0.25, -0.2) is 14.3 Å². The summed E-state index contributed by atoms with van der Waals surface area (Å²) >= 11 is 0. The first kappa shape index (κ1) is 19.2. The van der Waals surface area contributed by atoms with Crippen molar-refractivity contribution in [3.63, 3.8) is 0 Å². The predicted octanol–water partition coefficient (Wildman–Crippen LogP) is 2.98. The number of aryl methyl sites for hydroxylation is 2. The highest BCUT2D eigenvalue weighted by molar-refractivity contribution is 6.05. The normalized spacial score (nSPS) is 13.5. The second kappa shape index (κ2) is 7.96. The van der Waals surface area contributed by atoms with Gasteiger partial charge in [-0.15, -0.1) is 0 Å². The molecule has 0 aliphatic carbocycles. The number of methoxy groups -OCH3 is 2. The topological polar surface area (TPSA) is 73.7 Å². The van der Waals surface area contributed by atoms with E-state index in [1.807, 2.05) is 48.9 Å². The third-order valence-corrected chi connectivity index (χ3v) is 4.27. The molecule has 0 spiro atoms. The second-order valence-electron chi connectivity index (χ2n) is 6.17. The van der Waals surface area contributed by atoms with Gasteiger partial charge in [0.05, 0.1) is 31.2 Å². The van der Waals surface area contributed by atoms with Crippen LogP contribution in [0.1, 0.15) is 11.4 Å². The molecule has 0 saturated carbocycles. The van der Waals surface area contributed by atoms with Gasteiger partial charge in [0.15, 0.2) is 0 Å². The quantitative estimate of drug-likeness (QED) is 0.761. The Morgan fingerprint density at radius 2 is 1.57 bits per heavy atom. The van der Waals surface area contributed by atoms with E-state index in [1.54, 1.807) is 23.3 Å². The van der Waals surface area contributed by atoms with Crippen molar-refractivity contribution in [3.05, 3.63) is 77.4 Å². The number of aromatic nitrogens is 2. The number of anilines is 1. The zero-order valence-electron chi connectivity index (χ0n) is 16.2. The molecule has 2 aromatic rings. The minimum absolute atomic E-state index is 0.0817. The van der Waals surface area contributed by atoms with Crippen molar-refractivity contribution in [1.82, 2.24) is 9.78 Å². The van der Waals surface area contributed by atoms with Crippen LogP contribution in [0.3, 0.4) is 0 Å². The molecule has 0 amide bonds. The van der Waals surface area contributed by atoms with E-state index in [1.165, 1.54) is 20.3 Å². The fourth-order valence-electron chi connectivity index (χ4n) is 3.01. The summed E-state index contributed by atoms with van der Waals surface area (Å²) in [7, 11) is 2.54. The highest BCUT2D eigenvalue weighted by Crippen LogP contribution is 2.27. The number of nitrogens with zero attached hydrogens (tertiary/aromatic N) is 3. The Morgan fingerprint density at radius 3 is 2.14 bits per heavy atom. The van der Waals surface area contributed by atoms with Gasteiger partial charge in [0.2, 0.25) is 0 Å². The van der Waals surface area contributed by atoms with Crippen LogP contribution in [0.25, 0.3) is 5.69 Å². The third kappa shape index (κ3) is 3.59. The summed E-state index contributed by atoms with van der Waals surface area (Å²) in [5.41, 5.74) is 3.73. The summed E-state index contributed by atoms with van der Waals surface area (Å²) in [6, 6.07) is 9.48. The highest BCUT2D eigenvalue weighted by Gasteiger charge is 2.27. The molecule has 28 heavy (non-hydrogen) atoms. The van der Waals surface area contributed by atoms with E-state index in [-0.39, 0.29) is 11.3 Å². The lowest BCUT2D eigenvalue weighted by molar-refractivity contribution is -0.139. The molecule has 1 aliphatic heterocycles. The Morgan fingerprint density at radius 1 is 0.929 bits per heavy atom. The van der Waals surface area contributed by atoms with Crippen LogP contribution < -0.4 is 4.90 Å². The first-order valence-electron chi connectivity index (χ1n) is 8.65. The fraction of sp³-hybridized carbons (Fsp3) is 0.190. The molecule has 1 aliphatic rings. The van der Waals surface area contributed by atoms with Crippen molar-refractivity contribution < 1.29 is 19.1 Å². The molecule has 0 atom stereocenters. The third-order valence-electron chi connectivity index (χ3n) is 4.27. The van der Waals surface area contributed by atoms with Crippen LogP contribution in [0, 0.1) is 13.8 Å². The van der Waals surface area contributed by atoms with Gasteiger partial charge in [-0.2, -0.15) is 5.10 Å². The molecule has 144 valence electrons. The zero-order chi connectivity index (χ0) is 20.3. The Balaban J connectivity index is 2.06. The Hall–Kier alpha value is -3.61. The summed E-state index contributed by atoms with van der Waals surface area (Å²) in [6.45, 7) is 3.92. The molecule has 0 fully saturated rings. The van der Waals surface area contributed by atoms with E-state index in [0.29, 0.717) is 5.69 Å². The smallest absolute Gasteiger partial charge is 0.355 e. The van der Waals surface area contributed by atoms with Crippen molar-refractivity contribution in [3.8, 4) is 5.69 Å². The second-order valence-corrected chi connectivity index (χ2v) is 6.17. The van der Waals surface area contributed by atoms with Gasteiger partial charge in [0, 0.05) is 17.6 Å². The Bertz CT molecular complexity index is 997. The SMILES string of the molecule is COC(=O)C1=C(C(=O)OC)N(c2ccc(-n3nc(C)cc3C)cc2)C=CC=C1. The van der Waals surface area contributed by atoms with Crippen molar-refractivity contribution >= 4 is 17.6 Å². The van der Waals surface area contributed by atoms with Crippen molar-refractivity contribution in [1.29, 1.82) is 0 Å². The van der Waals surface area contributed by atoms with Gasteiger partial charge in [-0.3, -0.25) is 0 Å². The van der Waals surface area contributed by atoms with E-state index in [2.05, 4.69) is 5.10 Å². The molecule has 0 N–H and O–H groups in total. The molecule has 7 nitrogen and oxygen atoms in total. The minimum Gasteiger partial charge on any atom is -0.465 e. The Kier molecular flexibility index (Phi) is 5.44. The van der Waals surface area contributed by atoms with Crippen molar-refractivity contribution in [2.75, 3.05) is 19.1 Å². The van der Waals surface area contributed by atoms with E-state index >= 15 is 0 Å². The fourth-order valence-corrected chi connectivity index (χ4v) is 3.01. The summed E-state index contributed by atoms with van der Waals surface area (Å²) in [5.74, 6) is -1.26. The number of carbonyl (C=O) groups is 2. The molecule has 3 rings (SSSR count). The molecular formula is C21H21N3O4. The summed E-state index contributed by atoms with van der Waals surface area (Å²) in [6.07, 6.45) is 6.61. The largest absolute Gasteiger partial charge is 0.465 e. The first-order chi connectivity index (χ1) is 13.5. The lowest BCUT2D eigenvalue weighted by atomic mass is 10.1. The summed E-state index contributed by atoms with van der Waals surface area (Å²) in [5, 5.41) is 4.47. The monoisotopic (exact) mass is 379 g/mol. The lowest BCUT2D eigenvalue weighted by Crippen LogP contribution is -2.26. The molecular weight excluding hydrogens is 358 g/mol. The lowest BCUT2D eigenvalue weighted by Gasteiger charge is -2.23.